The molecule has 8 nitrogen and oxygen atoms in total. The largest absolute Gasteiger partial charge is 0.507 e. The molecule has 5 rings (SSSR count). The molecular weight excluding hydrogens is 482 g/mol. The van der Waals surface area contributed by atoms with Crippen molar-refractivity contribution in [2.45, 2.75) is 12.1 Å². The number of aryl methyl sites for hydroxylation is 1. The van der Waals surface area contributed by atoms with Gasteiger partial charge in [-0.3, -0.25) is 9.36 Å². The van der Waals surface area contributed by atoms with Crippen molar-refractivity contribution in [1.29, 1.82) is 0 Å². The van der Waals surface area contributed by atoms with Crippen LogP contribution < -0.4 is 10.1 Å². The number of fused-ring (bicyclic) bond motifs is 1. The number of hydrogen-bond donors (Lipinski definition) is 2. The van der Waals surface area contributed by atoms with Crippen LogP contribution in [0.2, 0.25) is 0 Å². The van der Waals surface area contributed by atoms with Gasteiger partial charge in [0.2, 0.25) is 5.91 Å². The molecule has 0 spiro atoms. The monoisotopic (exact) mass is 503 g/mol. The van der Waals surface area contributed by atoms with Crippen LogP contribution in [0.25, 0.3) is 27.3 Å². The number of benzene rings is 3. The molecule has 0 fully saturated rings. The number of ether oxygens (including phenoxy) is 1. The third-order valence-corrected chi connectivity index (χ3v) is 7.10. The lowest BCUT2D eigenvalue weighted by atomic mass is 10.2. The summed E-state index contributed by atoms with van der Waals surface area (Å²) in [5, 5.41) is 23.5. The number of aromatic hydroxyl groups is 1. The molecule has 0 saturated carbocycles. The van der Waals surface area contributed by atoms with Gasteiger partial charge in [0.1, 0.15) is 11.5 Å². The van der Waals surface area contributed by atoms with Crippen LogP contribution in [-0.2, 0) is 4.79 Å². The Morgan fingerprint density at radius 3 is 2.74 bits per heavy atom. The summed E-state index contributed by atoms with van der Waals surface area (Å²) in [6, 6.07) is 20.1. The summed E-state index contributed by atoms with van der Waals surface area (Å²) in [6.45, 7) is 1.96. The number of aromatic nitrogens is 4. The van der Waals surface area contributed by atoms with E-state index >= 15 is 0 Å². The molecule has 0 aliphatic carbocycles. The molecule has 1 amide bonds. The second kappa shape index (κ2) is 9.77. The van der Waals surface area contributed by atoms with Crippen LogP contribution in [0.5, 0.6) is 11.5 Å². The van der Waals surface area contributed by atoms with Gasteiger partial charge in [0.15, 0.2) is 11.0 Å². The lowest BCUT2D eigenvalue weighted by Crippen LogP contribution is -2.14. The van der Waals surface area contributed by atoms with Crippen molar-refractivity contribution in [2.75, 3.05) is 18.2 Å². The summed E-state index contributed by atoms with van der Waals surface area (Å²) in [5.41, 5.74) is 2.77. The highest BCUT2D eigenvalue weighted by atomic mass is 32.2. The summed E-state index contributed by atoms with van der Waals surface area (Å²) in [5.74, 6) is 1.07. The van der Waals surface area contributed by atoms with Gasteiger partial charge in [-0.2, -0.15) is 0 Å². The Balaban J connectivity index is 1.43. The quantitative estimate of drug-likeness (QED) is 0.291. The van der Waals surface area contributed by atoms with Gasteiger partial charge in [-0.25, -0.2) is 4.98 Å². The van der Waals surface area contributed by atoms with E-state index < -0.39 is 0 Å². The molecule has 3 aromatic carbocycles. The maximum atomic E-state index is 12.8. The number of thiazole rings is 1. The number of carbonyl (C=O) groups is 1. The van der Waals surface area contributed by atoms with Crippen molar-refractivity contribution in [3.63, 3.8) is 0 Å². The van der Waals surface area contributed by atoms with E-state index in [-0.39, 0.29) is 17.4 Å². The third kappa shape index (κ3) is 4.71. The first kappa shape index (κ1) is 22.9. The molecule has 0 radical (unpaired) electrons. The summed E-state index contributed by atoms with van der Waals surface area (Å²) >= 11 is 2.86. The van der Waals surface area contributed by atoms with Crippen molar-refractivity contribution in [3.8, 4) is 28.6 Å². The second-order valence-corrected chi connectivity index (χ2v) is 9.76. The van der Waals surface area contributed by atoms with Gasteiger partial charge >= 0.3 is 0 Å². The fourth-order valence-electron chi connectivity index (χ4n) is 3.68. The van der Waals surface area contributed by atoms with Gasteiger partial charge in [-0.15, -0.1) is 21.5 Å². The first-order valence-electron chi connectivity index (χ1n) is 10.7. The average molecular weight is 504 g/mol. The molecule has 35 heavy (non-hydrogen) atoms. The number of para-hydroxylation sites is 3. The minimum absolute atomic E-state index is 0.0815. The number of nitrogens with zero attached hydrogens (tertiary/aromatic N) is 4. The van der Waals surface area contributed by atoms with Crippen LogP contribution in [0.1, 0.15) is 5.01 Å². The molecular formula is C25H21N5O3S2. The normalized spacial score (nSPS) is 11.0. The SMILES string of the molecule is COc1ccccc1-n1c(SCC(=O)Nc2ccc3sc(C)nc3c2)nnc1-c1ccccc1O. The van der Waals surface area contributed by atoms with Crippen LogP contribution in [0, 0.1) is 6.92 Å². The zero-order chi connectivity index (χ0) is 24.4. The maximum absolute atomic E-state index is 12.8. The highest BCUT2D eigenvalue weighted by molar-refractivity contribution is 7.99. The molecule has 0 bridgehead atoms. The first-order valence-corrected chi connectivity index (χ1v) is 12.5. The molecule has 0 aliphatic rings. The molecule has 0 aliphatic heterocycles. The molecule has 5 aromatic rings. The molecule has 2 N–H and O–H groups in total. The highest BCUT2D eigenvalue weighted by Crippen LogP contribution is 2.35. The fraction of sp³-hybridized carbons (Fsp3) is 0.120. The molecule has 0 unspecified atom stereocenters. The minimum atomic E-state index is -0.181. The van der Waals surface area contributed by atoms with Gasteiger partial charge < -0.3 is 15.2 Å². The lowest BCUT2D eigenvalue weighted by Gasteiger charge is -2.14. The third-order valence-electron chi connectivity index (χ3n) is 5.22. The zero-order valence-corrected chi connectivity index (χ0v) is 20.6. The standard InChI is InChI=1S/C25H21N5O3S2/c1-15-26-18-13-16(11-12-22(18)35-15)27-23(32)14-34-25-29-28-24(17-7-3-5-9-20(17)31)30(25)19-8-4-6-10-21(19)33-2/h3-13,31H,14H2,1-2H3,(H,27,32). The topological polar surface area (TPSA) is 102 Å². The Morgan fingerprint density at radius 1 is 1.11 bits per heavy atom. The maximum Gasteiger partial charge on any atom is 0.234 e. The van der Waals surface area contributed by atoms with Crippen molar-refractivity contribution in [2.24, 2.45) is 0 Å². The second-order valence-electron chi connectivity index (χ2n) is 7.58. The van der Waals surface area contributed by atoms with E-state index in [0.29, 0.717) is 33.7 Å². The number of carbonyl (C=O) groups excluding carboxylic acids is 1. The predicted molar refractivity (Wildman–Crippen MR) is 139 cm³/mol. The summed E-state index contributed by atoms with van der Waals surface area (Å²) in [7, 11) is 1.59. The summed E-state index contributed by atoms with van der Waals surface area (Å²) in [6.07, 6.45) is 0. The number of phenols is 1. The van der Waals surface area contributed by atoms with Crippen molar-refractivity contribution in [3.05, 3.63) is 71.7 Å². The van der Waals surface area contributed by atoms with E-state index in [9.17, 15) is 9.90 Å². The number of methoxy groups -OCH3 is 1. The number of hydrogen-bond acceptors (Lipinski definition) is 8. The Labute approximate surface area is 209 Å². The molecule has 10 heteroatoms. The number of nitrogens with one attached hydrogen (secondary N) is 1. The van der Waals surface area contributed by atoms with Crippen LogP contribution in [0.15, 0.2) is 71.9 Å². The van der Waals surface area contributed by atoms with E-state index in [2.05, 4.69) is 20.5 Å². The molecule has 0 saturated heterocycles. The number of phenolic OH excluding ortho intramolecular Hbond substituents is 1. The smallest absolute Gasteiger partial charge is 0.234 e. The van der Waals surface area contributed by atoms with E-state index in [1.807, 2.05) is 55.5 Å². The van der Waals surface area contributed by atoms with Gasteiger partial charge in [-0.05, 0) is 49.4 Å². The Bertz CT molecular complexity index is 1530. The van der Waals surface area contributed by atoms with Crippen LogP contribution in [0.4, 0.5) is 5.69 Å². The van der Waals surface area contributed by atoms with E-state index in [1.165, 1.54) is 11.8 Å². The van der Waals surface area contributed by atoms with Crippen LogP contribution in [0.3, 0.4) is 0 Å². The summed E-state index contributed by atoms with van der Waals surface area (Å²) in [4.78, 5) is 17.2. The molecule has 0 atom stereocenters. The number of rotatable bonds is 7. The van der Waals surface area contributed by atoms with Gasteiger partial charge in [-0.1, -0.05) is 36.0 Å². The average Bonchev–Trinajstić information content (AvgIpc) is 3.45. The molecule has 2 heterocycles. The molecule has 176 valence electrons. The number of anilines is 1. The van der Waals surface area contributed by atoms with E-state index in [1.54, 1.807) is 41.2 Å². The van der Waals surface area contributed by atoms with Crippen molar-refractivity contribution < 1.29 is 14.6 Å². The van der Waals surface area contributed by atoms with Crippen molar-refractivity contribution >= 4 is 44.9 Å². The predicted octanol–water partition coefficient (Wildman–Crippen LogP) is 5.30. The zero-order valence-electron chi connectivity index (χ0n) is 18.9. The molecule has 2 aromatic heterocycles. The van der Waals surface area contributed by atoms with Crippen LogP contribution >= 0.6 is 23.1 Å². The number of amides is 1. The Hall–Kier alpha value is -3.89. The minimum Gasteiger partial charge on any atom is -0.507 e. The van der Waals surface area contributed by atoms with Gasteiger partial charge in [0, 0.05) is 5.69 Å². The lowest BCUT2D eigenvalue weighted by molar-refractivity contribution is -0.113. The van der Waals surface area contributed by atoms with Crippen molar-refractivity contribution in [1.82, 2.24) is 19.7 Å². The van der Waals surface area contributed by atoms with Gasteiger partial charge in [0.05, 0.1) is 39.3 Å². The summed E-state index contributed by atoms with van der Waals surface area (Å²) < 4.78 is 8.42. The van der Waals surface area contributed by atoms with E-state index in [0.717, 1.165) is 15.2 Å². The van der Waals surface area contributed by atoms with E-state index in [4.69, 9.17) is 4.74 Å². The Kier molecular flexibility index (Phi) is 6.39. The van der Waals surface area contributed by atoms with Gasteiger partial charge in [0.25, 0.3) is 0 Å². The fourth-order valence-corrected chi connectivity index (χ4v) is 5.23. The number of thioether (sulfide) groups is 1. The first-order chi connectivity index (χ1) is 17.0. The Morgan fingerprint density at radius 2 is 1.91 bits per heavy atom. The van der Waals surface area contributed by atoms with Crippen LogP contribution in [-0.4, -0.2) is 43.6 Å². The highest BCUT2D eigenvalue weighted by Gasteiger charge is 2.21.